The van der Waals surface area contributed by atoms with Gasteiger partial charge in [0.05, 0.1) is 17.7 Å². The van der Waals surface area contributed by atoms with Crippen LogP contribution in [-0.2, 0) is 11.2 Å². The Hall–Kier alpha value is -3.87. The number of aliphatic hydroxyl groups excluding tert-OH is 4. The molecule has 1 saturated heterocycles. The first-order valence-corrected chi connectivity index (χ1v) is 13.5. The number of benzene rings is 2. The summed E-state index contributed by atoms with van der Waals surface area (Å²) in [5, 5.41) is 61.7. The molecular formula is C31H34O11. The highest BCUT2D eigenvalue weighted by Crippen LogP contribution is 2.45. The van der Waals surface area contributed by atoms with E-state index in [0.29, 0.717) is 23.3 Å². The zero-order valence-electron chi connectivity index (χ0n) is 23.6. The third kappa shape index (κ3) is 5.25. The van der Waals surface area contributed by atoms with Crippen LogP contribution in [0.25, 0.3) is 28.2 Å². The van der Waals surface area contributed by atoms with Crippen molar-refractivity contribution in [2.24, 2.45) is 0 Å². The molecule has 1 fully saturated rings. The molecule has 1 unspecified atom stereocenters. The van der Waals surface area contributed by atoms with E-state index in [4.69, 9.17) is 18.6 Å². The molecule has 1 aromatic heterocycles. The van der Waals surface area contributed by atoms with E-state index >= 15 is 0 Å². The van der Waals surface area contributed by atoms with Crippen LogP contribution in [-0.4, -0.2) is 73.6 Å². The number of rotatable bonds is 6. The number of aliphatic hydroxyl groups is 4. The zero-order valence-corrected chi connectivity index (χ0v) is 23.6. The zero-order chi connectivity index (χ0) is 30.5. The van der Waals surface area contributed by atoms with Crippen molar-refractivity contribution in [3.63, 3.8) is 0 Å². The van der Waals surface area contributed by atoms with E-state index in [9.17, 15) is 35.4 Å². The van der Waals surface area contributed by atoms with Crippen LogP contribution < -0.4 is 14.9 Å². The number of fused-ring (bicyclic) bond motifs is 2. The van der Waals surface area contributed by atoms with Gasteiger partial charge in [-0.25, -0.2) is 0 Å². The highest BCUT2D eigenvalue weighted by molar-refractivity contribution is 5.96. The molecule has 6 N–H and O–H groups in total. The van der Waals surface area contributed by atoms with Crippen LogP contribution in [0.2, 0.25) is 0 Å². The van der Waals surface area contributed by atoms with E-state index in [1.807, 2.05) is 33.8 Å². The molecule has 0 spiro atoms. The van der Waals surface area contributed by atoms with E-state index in [0.717, 1.165) is 5.57 Å². The van der Waals surface area contributed by atoms with Crippen LogP contribution in [0.15, 0.2) is 51.4 Å². The van der Waals surface area contributed by atoms with Gasteiger partial charge < -0.3 is 49.3 Å². The van der Waals surface area contributed by atoms with Crippen LogP contribution >= 0.6 is 0 Å². The monoisotopic (exact) mass is 582 g/mol. The molecule has 224 valence electrons. The molecule has 0 bridgehead atoms. The van der Waals surface area contributed by atoms with E-state index in [1.54, 1.807) is 12.2 Å². The summed E-state index contributed by atoms with van der Waals surface area (Å²) in [4.78, 5) is 13.8. The third-order valence-corrected chi connectivity index (χ3v) is 7.37. The molecule has 42 heavy (non-hydrogen) atoms. The van der Waals surface area contributed by atoms with Crippen LogP contribution in [0, 0.1) is 0 Å². The van der Waals surface area contributed by atoms with E-state index in [2.05, 4.69) is 0 Å². The number of hydrogen-bond donors (Lipinski definition) is 6. The highest BCUT2D eigenvalue weighted by atomic mass is 16.7. The van der Waals surface area contributed by atoms with Gasteiger partial charge in [-0.1, -0.05) is 11.6 Å². The second-order valence-corrected chi connectivity index (χ2v) is 11.3. The fourth-order valence-corrected chi connectivity index (χ4v) is 5.05. The van der Waals surface area contributed by atoms with Crippen molar-refractivity contribution in [2.75, 3.05) is 6.61 Å². The number of hydrogen-bond acceptors (Lipinski definition) is 11. The number of phenolic OH excluding ortho intramolecular Hbond substituents is 2. The maximum absolute atomic E-state index is 13.8. The normalized spacial score (nSPS) is 24.6. The van der Waals surface area contributed by atoms with E-state index < -0.39 is 48.3 Å². The molecule has 11 nitrogen and oxygen atoms in total. The van der Waals surface area contributed by atoms with Crippen LogP contribution in [0.5, 0.6) is 23.0 Å². The molecule has 5 atom stereocenters. The molecule has 5 rings (SSSR count). The lowest BCUT2D eigenvalue weighted by Crippen LogP contribution is -2.60. The Morgan fingerprint density at radius 1 is 1.07 bits per heavy atom. The SMILES string of the molecule is CC(C)=CCc1c2c(c(O)c3c(=O)c(-c4ccc(OC5O[C@@H](CO)[C@H](O)[C@@H](O)[C@@H]5O)cc4O)coc13)C=CC(C)(C)O2. The van der Waals surface area contributed by atoms with Gasteiger partial charge in [0.1, 0.15) is 70.2 Å². The fraction of sp³-hybridized carbons (Fsp3) is 0.387. The van der Waals surface area contributed by atoms with E-state index in [-0.39, 0.29) is 39.3 Å². The van der Waals surface area contributed by atoms with E-state index in [1.165, 1.54) is 24.5 Å². The molecule has 2 aromatic carbocycles. The number of aromatic hydroxyl groups is 2. The second kappa shape index (κ2) is 11.1. The van der Waals surface area contributed by atoms with Crippen molar-refractivity contribution in [1.29, 1.82) is 0 Å². The number of phenols is 2. The molecule has 0 aliphatic carbocycles. The lowest BCUT2D eigenvalue weighted by molar-refractivity contribution is -0.277. The topological polar surface area (TPSA) is 179 Å². The molecule has 2 aliphatic heterocycles. The Bertz CT molecular complexity index is 1630. The summed E-state index contributed by atoms with van der Waals surface area (Å²) in [5.74, 6) is -0.240. The third-order valence-electron chi connectivity index (χ3n) is 7.37. The van der Waals surface area contributed by atoms with Gasteiger partial charge in [-0.05, 0) is 58.4 Å². The van der Waals surface area contributed by atoms with Gasteiger partial charge in [0.25, 0.3) is 0 Å². The van der Waals surface area contributed by atoms with Crippen LogP contribution in [0.3, 0.4) is 0 Å². The predicted octanol–water partition coefficient (Wildman–Crippen LogP) is 2.74. The van der Waals surface area contributed by atoms with Crippen molar-refractivity contribution >= 4 is 17.0 Å². The Morgan fingerprint density at radius 2 is 1.81 bits per heavy atom. The predicted molar refractivity (Wildman–Crippen MR) is 153 cm³/mol. The summed E-state index contributed by atoms with van der Waals surface area (Å²) >= 11 is 0. The quantitative estimate of drug-likeness (QED) is 0.235. The first-order valence-electron chi connectivity index (χ1n) is 13.5. The lowest BCUT2D eigenvalue weighted by Gasteiger charge is -2.39. The first-order chi connectivity index (χ1) is 19.8. The van der Waals surface area contributed by atoms with Crippen molar-refractivity contribution in [1.82, 2.24) is 0 Å². The summed E-state index contributed by atoms with van der Waals surface area (Å²) in [6.45, 7) is 7.03. The smallest absolute Gasteiger partial charge is 0.229 e. The largest absolute Gasteiger partial charge is 0.507 e. The lowest BCUT2D eigenvalue weighted by atomic mass is 9.93. The molecule has 3 aromatic rings. The van der Waals surface area contributed by atoms with Gasteiger partial charge in [0.15, 0.2) is 0 Å². The molecular weight excluding hydrogens is 548 g/mol. The Kier molecular flexibility index (Phi) is 7.82. The standard InChI is InChI=1S/C31H34O11/c1-14(2)5-7-18-28-17(9-10-31(3,4)42-28)23(34)22-24(35)19(13-39-29(18)22)16-8-6-15(11-20(16)33)40-30-27(38)26(37)25(36)21(12-32)41-30/h5-6,8-11,13,21,25-27,30,32-34,36-38H,7,12H2,1-4H3/t21-,25-,26+,27-,30?/m0/s1. The molecule has 2 aliphatic rings. The average Bonchev–Trinajstić information content (AvgIpc) is 2.93. The van der Waals surface area contributed by atoms with Gasteiger partial charge in [-0.3, -0.25) is 4.79 Å². The number of ether oxygens (including phenoxy) is 3. The molecule has 3 heterocycles. The number of allylic oxidation sites excluding steroid dienone is 2. The summed E-state index contributed by atoms with van der Waals surface area (Å²) in [6.07, 6.45) is -0.389. The maximum Gasteiger partial charge on any atom is 0.229 e. The minimum atomic E-state index is -1.64. The summed E-state index contributed by atoms with van der Waals surface area (Å²) in [5.41, 5.74) is 1.02. The first kappa shape index (κ1) is 29.6. The van der Waals surface area contributed by atoms with Gasteiger partial charge in [0, 0.05) is 17.2 Å². The minimum absolute atomic E-state index is 0.0107. The molecule has 0 radical (unpaired) electrons. The van der Waals surface area contributed by atoms with Crippen LogP contribution in [0.4, 0.5) is 0 Å². The van der Waals surface area contributed by atoms with Gasteiger partial charge in [-0.2, -0.15) is 0 Å². The van der Waals surface area contributed by atoms with Crippen molar-refractivity contribution in [3.8, 4) is 34.1 Å². The minimum Gasteiger partial charge on any atom is -0.507 e. The summed E-state index contributed by atoms with van der Waals surface area (Å²) in [7, 11) is 0. The molecule has 0 saturated carbocycles. The average molecular weight is 583 g/mol. The van der Waals surface area contributed by atoms with Crippen LogP contribution in [0.1, 0.15) is 38.8 Å². The molecule has 11 heteroatoms. The Labute approximate surface area is 241 Å². The van der Waals surface area contributed by atoms with Gasteiger partial charge in [0.2, 0.25) is 11.7 Å². The van der Waals surface area contributed by atoms with Crippen molar-refractivity contribution < 1.29 is 49.3 Å². The molecule has 0 amide bonds. The van der Waals surface area contributed by atoms with Crippen molar-refractivity contribution in [3.05, 3.63) is 63.5 Å². The maximum atomic E-state index is 13.8. The Balaban J connectivity index is 1.56. The van der Waals surface area contributed by atoms with Crippen molar-refractivity contribution in [2.45, 2.75) is 70.4 Å². The summed E-state index contributed by atoms with van der Waals surface area (Å²) in [6, 6.07) is 3.95. The summed E-state index contributed by atoms with van der Waals surface area (Å²) < 4.78 is 23.1. The van der Waals surface area contributed by atoms with Gasteiger partial charge >= 0.3 is 0 Å². The van der Waals surface area contributed by atoms with Gasteiger partial charge in [-0.15, -0.1) is 0 Å². The Morgan fingerprint density at radius 3 is 2.48 bits per heavy atom. The fourth-order valence-electron chi connectivity index (χ4n) is 5.05. The second-order valence-electron chi connectivity index (χ2n) is 11.3. The highest BCUT2D eigenvalue weighted by Gasteiger charge is 2.44.